The lowest BCUT2D eigenvalue weighted by Crippen LogP contribution is -2.43. The molecule has 12 nitrogen and oxygen atoms in total. The lowest BCUT2D eigenvalue weighted by atomic mass is 10.1. The fraction of sp³-hybridized carbons (Fsp3) is 0.478. The zero-order valence-corrected chi connectivity index (χ0v) is 21.7. The Morgan fingerprint density at radius 2 is 1.78 bits per heavy atom. The molecule has 1 aromatic heterocycles. The average Bonchev–Trinajstić information content (AvgIpc) is 2.86. The van der Waals surface area contributed by atoms with Crippen molar-refractivity contribution in [2.45, 2.75) is 25.7 Å². The lowest BCUT2D eigenvalue weighted by molar-refractivity contribution is -0.120. The van der Waals surface area contributed by atoms with Crippen molar-refractivity contribution >= 4 is 35.1 Å². The van der Waals surface area contributed by atoms with Gasteiger partial charge in [-0.05, 0) is 32.5 Å². The predicted molar refractivity (Wildman–Crippen MR) is 139 cm³/mol. The molecule has 2 amide bonds. The van der Waals surface area contributed by atoms with Crippen LogP contribution in [0, 0.1) is 0 Å². The van der Waals surface area contributed by atoms with E-state index in [2.05, 4.69) is 20.2 Å². The number of anilines is 2. The zero-order valence-electron chi connectivity index (χ0n) is 20.9. The monoisotopic (exact) mass is 522 g/mol. The molecule has 0 spiro atoms. The van der Waals surface area contributed by atoms with Crippen LogP contribution >= 0.6 is 11.6 Å². The molecule has 13 heteroatoms. The van der Waals surface area contributed by atoms with Crippen LogP contribution < -0.4 is 32.1 Å². The molecular formula is C23H35ClN8O4. The van der Waals surface area contributed by atoms with Gasteiger partial charge in [-0.25, -0.2) is 15.8 Å². The third kappa shape index (κ3) is 8.70. The van der Waals surface area contributed by atoms with Crippen molar-refractivity contribution in [3.8, 4) is 11.5 Å². The van der Waals surface area contributed by atoms with E-state index in [4.69, 9.17) is 38.4 Å². The van der Waals surface area contributed by atoms with Gasteiger partial charge in [-0.2, -0.15) is 0 Å². The van der Waals surface area contributed by atoms with E-state index in [0.29, 0.717) is 24.6 Å². The number of unbranched alkanes of at least 4 members (excludes halogenated alkanes) is 2. The number of nitrogens with two attached hydrogens (primary N) is 3. The summed E-state index contributed by atoms with van der Waals surface area (Å²) in [5.74, 6) is 6.35. The number of aromatic nitrogens is 2. The molecular weight excluding hydrogens is 488 g/mol. The van der Waals surface area contributed by atoms with Crippen LogP contribution in [0.5, 0.6) is 11.5 Å². The number of ether oxygens (including phenoxy) is 2. The Bertz CT molecular complexity index is 1040. The molecule has 1 heterocycles. The zero-order chi connectivity index (χ0) is 26.7. The van der Waals surface area contributed by atoms with E-state index in [0.717, 1.165) is 36.4 Å². The molecule has 0 atom stereocenters. The summed E-state index contributed by atoms with van der Waals surface area (Å²) in [5, 5.41) is 3.86. The van der Waals surface area contributed by atoms with Gasteiger partial charge in [-0.15, -0.1) is 0 Å². The van der Waals surface area contributed by atoms with E-state index in [1.165, 1.54) is 0 Å². The Balaban J connectivity index is 1.62. The van der Waals surface area contributed by atoms with E-state index >= 15 is 0 Å². The largest absolute Gasteiger partial charge is 0.497 e. The van der Waals surface area contributed by atoms with Crippen molar-refractivity contribution in [2.75, 3.05) is 58.9 Å². The van der Waals surface area contributed by atoms with Crippen LogP contribution in [-0.2, 0) is 11.2 Å². The van der Waals surface area contributed by atoms with Gasteiger partial charge in [0.25, 0.3) is 5.91 Å². The molecule has 0 unspecified atom stereocenters. The van der Waals surface area contributed by atoms with Gasteiger partial charge >= 0.3 is 0 Å². The van der Waals surface area contributed by atoms with Crippen LogP contribution in [0.2, 0.25) is 5.15 Å². The molecule has 0 saturated heterocycles. The number of nitrogens with one attached hydrogen (secondary N) is 1. The molecule has 0 aliphatic heterocycles. The third-order valence-electron chi connectivity index (χ3n) is 5.47. The number of nitrogen functional groups attached to an aromatic ring is 2. The fourth-order valence-electron chi connectivity index (χ4n) is 3.37. The maximum atomic E-state index is 12.5. The van der Waals surface area contributed by atoms with E-state index in [1.54, 1.807) is 26.4 Å². The Labute approximate surface area is 216 Å². The molecule has 0 bridgehead atoms. The number of rotatable bonds is 14. The maximum absolute atomic E-state index is 12.5. The summed E-state index contributed by atoms with van der Waals surface area (Å²) in [6, 6.07) is 5.39. The smallest absolute Gasteiger partial charge is 0.290 e. The van der Waals surface area contributed by atoms with Gasteiger partial charge < -0.3 is 31.2 Å². The highest BCUT2D eigenvalue weighted by molar-refractivity contribution is 6.31. The van der Waals surface area contributed by atoms with Crippen molar-refractivity contribution < 1.29 is 19.1 Å². The number of benzene rings is 1. The molecule has 7 N–H and O–H groups in total. The van der Waals surface area contributed by atoms with Crippen molar-refractivity contribution in [3.05, 3.63) is 34.6 Å². The highest BCUT2D eigenvalue weighted by Crippen LogP contribution is 2.25. The summed E-state index contributed by atoms with van der Waals surface area (Å²) in [5.41, 5.74) is 11.9. The fourth-order valence-corrected chi connectivity index (χ4v) is 3.50. The van der Waals surface area contributed by atoms with Crippen LogP contribution in [0.4, 0.5) is 11.6 Å². The van der Waals surface area contributed by atoms with Crippen molar-refractivity contribution in [1.82, 2.24) is 25.2 Å². The summed E-state index contributed by atoms with van der Waals surface area (Å²) in [4.78, 5) is 34.5. The van der Waals surface area contributed by atoms with Crippen LogP contribution in [0.3, 0.4) is 0 Å². The van der Waals surface area contributed by atoms with Gasteiger partial charge in [0.2, 0.25) is 5.91 Å². The van der Waals surface area contributed by atoms with Gasteiger partial charge in [-0.3, -0.25) is 14.6 Å². The van der Waals surface area contributed by atoms with Gasteiger partial charge in [0.05, 0.1) is 27.2 Å². The first-order valence-corrected chi connectivity index (χ1v) is 11.8. The summed E-state index contributed by atoms with van der Waals surface area (Å²) in [7, 11) is 5.09. The molecule has 198 valence electrons. The Hall–Kier alpha value is -3.35. The first-order chi connectivity index (χ1) is 17.2. The van der Waals surface area contributed by atoms with Crippen molar-refractivity contribution in [1.29, 1.82) is 0 Å². The first-order valence-electron chi connectivity index (χ1n) is 11.5. The van der Waals surface area contributed by atoms with Crippen LogP contribution in [0.15, 0.2) is 18.2 Å². The van der Waals surface area contributed by atoms with Crippen LogP contribution in [-0.4, -0.2) is 79.1 Å². The minimum atomic E-state index is -0.585. The lowest BCUT2D eigenvalue weighted by Gasteiger charge is -2.22. The second-order valence-corrected chi connectivity index (χ2v) is 8.56. The van der Waals surface area contributed by atoms with Crippen molar-refractivity contribution in [2.24, 2.45) is 5.84 Å². The maximum Gasteiger partial charge on any atom is 0.290 e. The molecule has 1 aromatic carbocycles. The third-order valence-corrected chi connectivity index (χ3v) is 5.75. The average molecular weight is 523 g/mol. The van der Waals surface area contributed by atoms with E-state index in [-0.39, 0.29) is 41.4 Å². The number of amides is 2. The van der Waals surface area contributed by atoms with E-state index in [9.17, 15) is 9.59 Å². The number of methoxy groups -OCH3 is 2. The molecule has 0 aliphatic rings. The number of halogens is 1. The minimum Gasteiger partial charge on any atom is -0.497 e. The predicted octanol–water partition coefficient (Wildman–Crippen LogP) is 1.09. The normalized spacial score (nSPS) is 10.8. The number of nitrogens with zero attached hydrogens (tertiary/aromatic N) is 4. The van der Waals surface area contributed by atoms with E-state index < -0.39 is 5.91 Å². The Kier molecular flexibility index (Phi) is 11.4. The summed E-state index contributed by atoms with van der Waals surface area (Å²) in [6.45, 7) is 2.23. The second kappa shape index (κ2) is 14.3. The first kappa shape index (κ1) is 28.9. The summed E-state index contributed by atoms with van der Waals surface area (Å²) < 4.78 is 10.5. The van der Waals surface area contributed by atoms with E-state index in [1.807, 2.05) is 13.1 Å². The topological polar surface area (TPSA) is 175 Å². The molecule has 2 rings (SSSR count). The quantitative estimate of drug-likeness (QED) is 0.121. The molecule has 2 aromatic rings. The van der Waals surface area contributed by atoms with Crippen LogP contribution in [0.1, 0.15) is 35.3 Å². The minimum absolute atomic E-state index is 0.0499. The molecule has 0 fully saturated rings. The number of hydrazine groups is 1. The Morgan fingerprint density at radius 1 is 1.03 bits per heavy atom. The Morgan fingerprint density at radius 3 is 2.47 bits per heavy atom. The SMILES string of the molecule is COc1ccc(CC(=O)NCCCCCN(C)CCN(N)C(=O)c2nc(Cl)c(N)nc2N)c(OC)c1. The van der Waals surface area contributed by atoms with Crippen LogP contribution in [0.25, 0.3) is 0 Å². The van der Waals surface area contributed by atoms with Gasteiger partial charge in [0.1, 0.15) is 11.5 Å². The number of carbonyl (C=O) groups excluding carboxylic acids is 2. The van der Waals surface area contributed by atoms with Crippen molar-refractivity contribution in [3.63, 3.8) is 0 Å². The van der Waals surface area contributed by atoms with Gasteiger partial charge in [0.15, 0.2) is 22.5 Å². The molecule has 0 aliphatic carbocycles. The molecule has 36 heavy (non-hydrogen) atoms. The molecule has 0 radical (unpaired) electrons. The number of carbonyl (C=O) groups is 2. The number of likely N-dealkylation sites (N-methyl/N-ethyl adjacent to an activating group) is 1. The summed E-state index contributed by atoms with van der Waals surface area (Å²) >= 11 is 5.83. The standard InChI is InChI=1S/C23H35ClN8O4/c1-31(11-12-32(27)23(34)19-21(25)30-22(26)20(24)29-19)10-6-4-5-9-28-18(33)13-15-7-8-16(35-2)14-17(15)36-3/h7-8,14H,4-6,9-13,27H2,1-3H3,(H,28,33)(H4,25,26,30). The summed E-state index contributed by atoms with van der Waals surface area (Å²) in [6.07, 6.45) is 2.97. The van der Waals surface area contributed by atoms with Gasteiger partial charge in [-0.1, -0.05) is 24.1 Å². The highest BCUT2D eigenvalue weighted by Gasteiger charge is 2.20. The second-order valence-electron chi connectivity index (χ2n) is 8.20. The number of hydrogen-bond acceptors (Lipinski definition) is 10. The van der Waals surface area contributed by atoms with Gasteiger partial charge in [0, 0.05) is 24.7 Å². The highest BCUT2D eigenvalue weighted by atomic mass is 35.5. The number of hydrogen-bond donors (Lipinski definition) is 4. The molecule has 0 saturated carbocycles.